The van der Waals surface area contributed by atoms with Crippen LogP contribution in [0.15, 0.2) is 24.3 Å². The van der Waals surface area contributed by atoms with Crippen molar-refractivity contribution >= 4 is 11.8 Å². The van der Waals surface area contributed by atoms with Crippen LogP contribution in [0.25, 0.3) is 0 Å². The zero-order valence-corrected chi connectivity index (χ0v) is 14.3. The number of hydrogen-bond donors (Lipinski definition) is 0. The Bertz CT molecular complexity index is 612. The Kier molecular flexibility index (Phi) is 4.88. The summed E-state index contributed by atoms with van der Waals surface area (Å²) in [6, 6.07) is 6.10. The average molecular weight is 332 g/mol. The summed E-state index contributed by atoms with van der Waals surface area (Å²) in [6.45, 7) is 4.10. The van der Waals surface area contributed by atoms with Crippen LogP contribution in [0.1, 0.15) is 44.6 Å². The minimum absolute atomic E-state index is 0.0646. The topological polar surface area (TPSA) is 40.6 Å². The lowest BCUT2D eigenvalue weighted by atomic mass is 9.79. The summed E-state index contributed by atoms with van der Waals surface area (Å²) in [5.74, 6) is -0.00577. The molecule has 1 unspecified atom stereocenters. The summed E-state index contributed by atoms with van der Waals surface area (Å²) in [5, 5.41) is 0. The maximum atomic E-state index is 13.0. The second kappa shape index (κ2) is 6.91. The molecule has 0 N–H and O–H groups in total. The summed E-state index contributed by atoms with van der Waals surface area (Å²) in [6.07, 6.45) is 4.71. The molecule has 0 radical (unpaired) electrons. The first-order valence-electron chi connectivity index (χ1n) is 8.87. The number of nitrogens with zero attached hydrogens (tertiary/aromatic N) is 2. The third-order valence-corrected chi connectivity index (χ3v) is 5.40. The maximum absolute atomic E-state index is 13.0. The molecule has 2 amide bonds. The van der Waals surface area contributed by atoms with Crippen LogP contribution in [0.3, 0.4) is 0 Å². The van der Waals surface area contributed by atoms with E-state index in [1.54, 1.807) is 12.1 Å². The fourth-order valence-corrected chi connectivity index (χ4v) is 4.25. The van der Waals surface area contributed by atoms with E-state index in [1.165, 1.54) is 12.1 Å². The highest BCUT2D eigenvalue weighted by Crippen LogP contribution is 2.36. The van der Waals surface area contributed by atoms with Gasteiger partial charge in [0.1, 0.15) is 5.82 Å². The molecule has 2 heterocycles. The second-order valence-corrected chi connectivity index (χ2v) is 6.94. The molecule has 1 atom stereocenters. The molecule has 2 aliphatic rings. The molecule has 5 heteroatoms. The van der Waals surface area contributed by atoms with E-state index in [0.29, 0.717) is 19.5 Å². The van der Waals surface area contributed by atoms with Gasteiger partial charge in [-0.15, -0.1) is 0 Å². The molecule has 0 aliphatic carbocycles. The van der Waals surface area contributed by atoms with Gasteiger partial charge in [-0.2, -0.15) is 0 Å². The van der Waals surface area contributed by atoms with Crippen LogP contribution in [0, 0.1) is 5.82 Å². The van der Waals surface area contributed by atoms with Crippen molar-refractivity contribution in [2.24, 2.45) is 0 Å². The van der Waals surface area contributed by atoms with Crippen molar-refractivity contribution in [3.8, 4) is 0 Å². The van der Waals surface area contributed by atoms with Gasteiger partial charge in [0.25, 0.3) is 0 Å². The Morgan fingerprint density at radius 1 is 1.21 bits per heavy atom. The number of likely N-dealkylation sites (tertiary alicyclic amines) is 2. The van der Waals surface area contributed by atoms with E-state index in [4.69, 9.17) is 0 Å². The van der Waals surface area contributed by atoms with Crippen molar-refractivity contribution in [1.82, 2.24) is 9.80 Å². The van der Waals surface area contributed by atoms with E-state index in [2.05, 4.69) is 0 Å². The zero-order valence-electron chi connectivity index (χ0n) is 14.3. The van der Waals surface area contributed by atoms with Crippen LogP contribution in [0.4, 0.5) is 4.39 Å². The predicted octanol–water partition coefficient (Wildman–Crippen LogP) is 2.76. The molecular formula is C19H25FN2O2. The molecule has 4 nitrogen and oxygen atoms in total. The number of rotatable bonds is 3. The molecule has 2 fully saturated rings. The maximum Gasteiger partial charge on any atom is 0.227 e. The monoisotopic (exact) mass is 332 g/mol. The van der Waals surface area contributed by atoms with Gasteiger partial charge in [0, 0.05) is 26.1 Å². The van der Waals surface area contributed by atoms with Gasteiger partial charge in [-0.05, 0) is 50.3 Å². The van der Waals surface area contributed by atoms with Gasteiger partial charge in [0.2, 0.25) is 11.8 Å². The molecule has 0 aromatic heterocycles. The molecule has 0 bridgehead atoms. The highest BCUT2D eigenvalue weighted by molar-refractivity contribution is 5.80. The predicted molar refractivity (Wildman–Crippen MR) is 89.9 cm³/mol. The van der Waals surface area contributed by atoms with Crippen molar-refractivity contribution < 1.29 is 14.0 Å². The summed E-state index contributed by atoms with van der Waals surface area (Å²) in [7, 11) is 0. The average Bonchev–Trinajstić information content (AvgIpc) is 2.57. The fraction of sp³-hybridized carbons (Fsp3) is 0.579. The number of benzene rings is 1. The summed E-state index contributed by atoms with van der Waals surface area (Å²) < 4.78 is 13.0. The zero-order chi connectivity index (χ0) is 17.2. The summed E-state index contributed by atoms with van der Waals surface area (Å²) in [4.78, 5) is 28.9. The van der Waals surface area contributed by atoms with E-state index in [1.807, 2.05) is 16.7 Å². The van der Waals surface area contributed by atoms with Crippen LogP contribution < -0.4 is 0 Å². The first-order valence-corrected chi connectivity index (χ1v) is 8.87. The third kappa shape index (κ3) is 3.30. The van der Waals surface area contributed by atoms with Crippen LogP contribution in [-0.4, -0.2) is 46.8 Å². The van der Waals surface area contributed by atoms with Crippen LogP contribution in [0.2, 0.25) is 0 Å². The molecule has 2 saturated heterocycles. The minimum atomic E-state index is -0.289. The van der Waals surface area contributed by atoms with E-state index in [-0.39, 0.29) is 29.6 Å². The highest BCUT2D eigenvalue weighted by Gasteiger charge is 2.45. The molecule has 3 rings (SSSR count). The highest BCUT2D eigenvalue weighted by atomic mass is 19.1. The lowest BCUT2D eigenvalue weighted by Crippen LogP contribution is -2.63. The standard InChI is InChI=1S/C19H25FN2O2/c1-2-22-17(23)5-3-10-19(22)11-4-12-21(14-19)18(24)13-15-6-8-16(20)9-7-15/h6-9H,2-5,10-14H2,1H3. The number of likely N-dealkylation sites (N-methyl/N-ethyl adjacent to an activating group) is 1. The van der Waals surface area contributed by atoms with E-state index in [9.17, 15) is 14.0 Å². The molecule has 1 aromatic rings. The first-order chi connectivity index (χ1) is 11.5. The van der Waals surface area contributed by atoms with Gasteiger partial charge in [0.05, 0.1) is 12.0 Å². The van der Waals surface area contributed by atoms with Crippen molar-refractivity contribution in [2.45, 2.75) is 51.0 Å². The Morgan fingerprint density at radius 3 is 2.62 bits per heavy atom. The largest absolute Gasteiger partial charge is 0.340 e. The first kappa shape index (κ1) is 16.9. The van der Waals surface area contributed by atoms with Gasteiger partial charge in [0.15, 0.2) is 0 Å². The Labute approximate surface area is 142 Å². The quantitative estimate of drug-likeness (QED) is 0.854. The number of hydrogen-bond acceptors (Lipinski definition) is 2. The molecule has 24 heavy (non-hydrogen) atoms. The molecule has 1 aromatic carbocycles. The van der Waals surface area contributed by atoms with Gasteiger partial charge in [-0.3, -0.25) is 9.59 Å². The fourth-order valence-electron chi connectivity index (χ4n) is 4.25. The molecule has 1 spiro atoms. The minimum Gasteiger partial charge on any atom is -0.340 e. The molecule has 2 aliphatic heterocycles. The summed E-state index contributed by atoms with van der Waals surface area (Å²) in [5.41, 5.74) is 0.647. The van der Waals surface area contributed by atoms with Gasteiger partial charge in [-0.25, -0.2) is 4.39 Å². The van der Waals surface area contributed by atoms with Crippen molar-refractivity contribution in [1.29, 1.82) is 0 Å². The van der Waals surface area contributed by atoms with Crippen molar-refractivity contribution in [3.05, 3.63) is 35.6 Å². The summed E-state index contributed by atoms with van der Waals surface area (Å²) >= 11 is 0. The number of halogens is 1. The SMILES string of the molecule is CCN1C(=O)CCCC12CCCN(C(=O)Cc1ccc(F)cc1)C2. The smallest absolute Gasteiger partial charge is 0.227 e. The van der Waals surface area contributed by atoms with Crippen LogP contribution in [-0.2, 0) is 16.0 Å². The van der Waals surface area contributed by atoms with E-state index >= 15 is 0 Å². The second-order valence-electron chi connectivity index (χ2n) is 6.94. The van der Waals surface area contributed by atoms with E-state index in [0.717, 1.165) is 37.8 Å². The Balaban J connectivity index is 1.71. The van der Waals surface area contributed by atoms with Crippen molar-refractivity contribution in [2.75, 3.05) is 19.6 Å². The van der Waals surface area contributed by atoms with Crippen LogP contribution >= 0.6 is 0 Å². The van der Waals surface area contributed by atoms with Gasteiger partial charge >= 0.3 is 0 Å². The Hall–Kier alpha value is -1.91. The van der Waals surface area contributed by atoms with Gasteiger partial charge < -0.3 is 9.80 Å². The lowest BCUT2D eigenvalue weighted by molar-refractivity contribution is -0.150. The van der Waals surface area contributed by atoms with E-state index < -0.39 is 0 Å². The van der Waals surface area contributed by atoms with Crippen molar-refractivity contribution in [3.63, 3.8) is 0 Å². The molecule has 0 saturated carbocycles. The number of carbonyl (C=O) groups is 2. The third-order valence-electron chi connectivity index (χ3n) is 5.40. The number of piperidine rings is 2. The Morgan fingerprint density at radius 2 is 1.92 bits per heavy atom. The number of amides is 2. The van der Waals surface area contributed by atoms with Crippen LogP contribution in [0.5, 0.6) is 0 Å². The molecule has 130 valence electrons. The normalized spacial score (nSPS) is 24.5. The lowest BCUT2D eigenvalue weighted by Gasteiger charge is -2.52. The molecular weight excluding hydrogens is 307 g/mol. The number of carbonyl (C=O) groups excluding carboxylic acids is 2. The van der Waals surface area contributed by atoms with Gasteiger partial charge in [-0.1, -0.05) is 12.1 Å².